The quantitative estimate of drug-likeness (QED) is 0.760. The van der Waals surface area contributed by atoms with Gasteiger partial charge in [-0.25, -0.2) is 0 Å². The monoisotopic (exact) mass is 425 g/mol. The van der Waals surface area contributed by atoms with Crippen LogP contribution in [0, 0.1) is 0 Å². The summed E-state index contributed by atoms with van der Waals surface area (Å²) < 4.78 is 11.5. The van der Waals surface area contributed by atoms with Gasteiger partial charge in [0.25, 0.3) is 5.91 Å². The number of para-hydroxylation sites is 2. The van der Waals surface area contributed by atoms with Crippen LogP contribution >= 0.6 is 12.2 Å². The van der Waals surface area contributed by atoms with Crippen molar-refractivity contribution in [3.8, 4) is 11.5 Å². The lowest BCUT2D eigenvalue weighted by molar-refractivity contribution is -0.142. The third kappa shape index (κ3) is 4.51. The Kier molecular flexibility index (Phi) is 6.08. The first kappa shape index (κ1) is 20.5. The smallest absolute Gasteiger partial charge is 0.267 e. The molecule has 2 aliphatic heterocycles. The molecule has 1 N–H and O–H groups in total. The van der Waals surface area contributed by atoms with Gasteiger partial charge in [-0.05, 0) is 48.0 Å². The minimum absolute atomic E-state index is 0.0349. The number of hydrogen-bond donors (Lipinski definition) is 1. The minimum atomic E-state index is -0.601. The molecule has 1 amide bonds. The Morgan fingerprint density at radius 1 is 1.00 bits per heavy atom. The lowest BCUT2D eigenvalue weighted by Crippen LogP contribution is -2.55. The molecule has 2 heterocycles. The van der Waals surface area contributed by atoms with Crippen LogP contribution in [0.4, 0.5) is 5.69 Å². The Hall–Kier alpha value is -2.80. The summed E-state index contributed by atoms with van der Waals surface area (Å²) in [5.74, 6) is 1.77. The average Bonchev–Trinajstić information content (AvgIpc) is 2.78. The van der Waals surface area contributed by atoms with Gasteiger partial charge in [0.1, 0.15) is 6.61 Å². The van der Waals surface area contributed by atoms with Crippen LogP contribution in [0.1, 0.15) is 25.3 Å². The Bertz CT molecular complexity index is 908. The summed E-state index contributed by atoms with van der Waals surface area (Å²) >= 11 is 5.58. The van der Waals surface area contributed by atoms with E-state index in [4.69, 9.17) is 21.7 Å². The maximum atomic E-state index is 12.9. The first-order valence-corrected chi connectivity index (χ1v) is 10.8. The van der Waals surface area contributed by atoms with Crippen LogP contribution in [0.5, 0.6) is 11.5 Å². The molecule has 158 valence electrons. The van der Waals surface area contributed by atoms with Crippen LogP contribution in [0.25, 0.3) is 0 Å². The van der Waals surface area contributed by atoms with Gasteiger partial charge in [0.2, 0.25) is 6.10 Å². The summed E-state index contributed by atoms with van der Waals surface area (Å²) in [7, 11) is 0. The predicted molar refractivity (Wildman–Crippen MR) is 121 cm³/mol. The number of carbonyl (C=O) groups is 1. The van der Waals surface area contributed by atoms with Gasteiger partial charge < -0.3 is 24.6 Å². The molecule has 6 nitrogen and oxygen atoms in total. The number of rotatable bonds is 3. The first-order chi connectivity index (χ1) is 14.5. The van der Waals surface area contributed by atoms with Gasteiger partial charge in [-0.2, -0.15) is 0 Å². The topological polar surface area (TPSA) is 54.0 Å². The molecule has 2 aromatic rings. The number of hydrogen-bond acceptors (Lipinski definition) is 4. The van der Waals surface area contributed by atoms with Crippen molar-refractivity contribution in [1.29, 1.82) is 0 Å². The third-order valence-corrected chi connectivity index (χ3v) is 5.85. The predicted octanol–water partition coefficient (Wildman–Crippen LogP) is 3.49. The number of nitrogens with one attached hydrogen (secondary N) is 1. The highest BCUT2D eigenvalue weighted by molar-refractivity contribution is 7.80. The Morgan fingerprint density at radius 2 is 1.63 bits per heavy atom. The van der Waals surface area contributed by atoms with Gasteiger partial charge >= 0.3 is 0 Å². The fraction of sp³-hybridized carbons (Fsp3) is 0.391. The number of anilines is 1. The lowest BCUT2D eigenvalue weighted by atomic mass is 10.0. The Balaban J connectivity index is 1.28. The molecule has 0 bridgehead atoms. The second-order valence-corrected chi connectivity index (χ2v) is 8.27. The number of thiocarbonyl (C=S) groups is 1. The van der Waals surface area contributed by atoms with Crippen molar-refractivity contribution in [3.63, 3.8) is 0 Å². The molecule has 0 aromatic heterocycles. The van der Waals surface area contributed by atoms with Gasteiger partial charge in [0, 0.05) is 31.9 Å². The fourth-order valence-corrected chi connectivity index (χ4v) is 3.93. The van der Waals surface area contributed by atoms with Crippen molar-refractivity contribution in [1.82, 2.24) is 9.80 Å². The summed E-state index contributed by atoms with van der Waals surface area (Å²) in [4.78, 5) is 16.8. The SMILES string of the molecule is CC(C)c1ccc(NC(=S)N2CCN(C(=O)[C@@H]3COc4ccccc4O3)CC2)cc1. The van der Waals surface area contributed by atoms with E-state index in [-0.39, 0.29) is 12.5 Å². The van der Waals surface area contributed by atoms with E-state index in [1.54, 1.807) is 0 Å². The number of nitrogens with zero attached hydrogens (tertiary/aromatic N) is 2. The van der Waals surface area contributed by atoms with Crippen molar-refractivity contribution < 1.29 is 14.3 Å². The molecule has 0 unspecified atom stereocenters. The van der Waals surface area contributed by atoms with Crippen LogP contribution in [0.15, 0.2) is 48.5 Å². The molecular formula is C23H27N3O3S. The van der Waals surface area contributed by atoms with Crippen molar-refractivity contribution in [3.05, 3.63) is 54.1 Å². The van der Waals surface area contributed by atoms with E-state index in [0.29, 0.717) is 48.7 Å². The molecule has 30 heavy (non-hydrogen) atoms. The second-order valence-electron chi connectivity index (χ2n) is 7.88. The third-order valence-electron chi connectivity index (χ3n) is 5.49. The highest BCUT2D eigenvalue weighted by atomic mass is 32.1. The van der Waals surface area contributed by atoms with Gasteiger partial charge in [-0.3, -0.25) is 4.79 Å². The molecule has 1 atom stereocenters. The summed E-state index contributed by atoms with van der Waals surface area (Å²) in [6.07, 6.45) is -0.601. The molecule has 0 spiro atoms. The number of ether oxygens (including phenoxy) is 2. The zero-order chi connectivity index (χ0) is 21.1. The van der Waals surface area contributed by atoms with Crippen LogP contribution in [0.2, 0.25) is 0 Å². The van der Waals surface area contributed by atoms with Crippen LogP contribution in [-0.2, 0) is 4.79 Å². The number of fused-ring (bicyclic) bond motifs is 1. The molecule has 1 fully saturated rings. The number of amides is 1. The van der Waals surface area contributed by atoms with E-state index in [2.05, 4.69) is 48.3 Å². The zero-order valence-electron chi connectivity index (χ0n) is 17.3. The highest BCUT2D eigenvalue weighted by Crippen LogP contribution is 2.31. The van der Waals surface area contributed by atoms with Crippen molar-refractivity contribution in [2.24, 2.45) is 0 Å². The molecule has 1 saturated heterocycles. The minimum Gasteiger partial charge on any atom is -0.485 e. The maximum absolute atomic E-state index is 12.9. The van der Waals surface area contributed by atoms with Crippen LogP contribution in [-0.4, -0.2) is 59.7 Å². The van der Waals surface area contributed by atoms with E-state index >= 15 is 0 Å². The summed E-state index contributed by atoms with van der Waals surface area (Å²) in [5.41, 5.74) is 2.28. The van der Waals surface area contributed by atoms with Gasteiger partial charge in [-0.1, -0.05) is 38.1 Å². The first-order valence-electron chi connectivity index (χ1n) is 10.3. The summed E-state index contributed by atoms with van der Waals surface area (Å²) in [6.45, 7) is 7.18. The number of benzene rings is 2. The van der Waals surface area contributed by atoms with E-state index in [1.807, 2.05) is 29.2 Å². The van der Waals surface area contributed by atoms with Crippen molar-refractivity contribution >= 4 is 28.9 Å². The van der Waals surface area contributed by atoms with E-state index in [1.165, 1.54) is 5.56 Å². The average molecular weight is 426 g/mol. The molecule has 7 heteroatoms. The molecule has 0 aliphatic carbocycles. The van der Waals surface area contributed by atoms with Crippen LogP contribution in [0.3, 0.4) is 0 Å². The highest BCUT2D eigenvalue weighted by Gasteiger charge is 2.33. The largest absolute Gasteiger partial charge is 0.485 e. The van der Waals surface area contributed by atoms with E-state index in [9.17, 15) is 4.79 Å². The maximum Gasteiger partial charge on any atom is 0.267 e. The van der Waals surface area contributed by atoms with Gasteiger partial charge in [0.15, 0.2) is 16.6 Å². The van der Waals surface area contributed by atoms with Gasteiger partial charge in [-0.15, -0.1) is 0 Å². The van der Waals surface area contributed by atoms with Crippen molar-refractivity contribution in [2.45, 2.75) is 25.9 Å². The molecule has 2 aliphatic rings. The van der Waals surface area contributed by atoms with Gasteiger partial charge in [0.05, 0.1) is 0 Å². The van der Waals surface area contributed by atoms with Crippen molar-refractivity contribution in [2.75, 3.05) is 38.1 Å². The molecule has 2 aromatic carbocycles. The summed E-state index contributed by atoms with van der Waals surface area (Å²) in [5, 5.41) is 3.99. The summed E-state index contributed by atoms with van der Waals surface area (Å²) in [6, 6.07) is 15.8. The lowest BCUT2D eigenvalue weighted by Gasteiger charge is -2.38. The van der Waals surface area contributed by atoms with E-state index in [0.717, 1.165) is 5.69 Å². The molecule has 0 radical (unpaired) electrons. The number of piperazine rings is 1. The number of carbonyl (C=O) groups excluding carboxylic acids is 1. The Morgan fingerprint density at radius 3 is 2.30 bits per heavy atom. The Labute approximate surface area is 182 Å². The fourth-order valence-electron chi connectivity index (χ4n) is 3.63. The molecule has 4 rings (SSSR count). The van der Waals surface area contributed by atoms with E-state index < -0.39 is 6.10 Å². The standard InChI is InChI=1S/C23H27N3O3S/c1-16(2)17-7-9-18(10-8-17)24-23(30)26-13-11-25(12-14-26)22(27)21-15-28-19-5-3-4-6-20(19)29-21/h3-10,16,21H,11-15H2,1-2H3,(H,24,30)/t21-/m0/s1. The molecule has 0 saturated carbocycles. The zero-order valence-corrected chi connectivity index (χ0v) is 18.2. The molecular weight excluding hydrogens is 398 g/mol. The second kappa shape index (κ2) is 8.92. The normalized spacial score (nSPS) is 18.3. The van der Waals surface area contributed by atoms with Crippen LogP contribution < -0.4 is 14.8 Å².